The van der Waals surface area contributed by atoms with Crippen LogP contribution in [0.1, 0.15) is 56.2 Å². The molecule has 1 fully saturated rings. The highest BCUT2D eigenvalue weighted by atomic mass is 35.5. The number of rotatable bonds is 9. The zero-order valence-corrected chi connectivity index (χ0v) is 21.2. The minimum Gasteiger partial charge on any atom is -0.460 e. The smallest absolute Gasteiger partial charge is 0.414 e. The highest BCUT2D eigenvalue weighted by Crippen LogP contribution is 2.42. The lowest BCUT2D eigenvalue weighted by molar-refractivity contribution is 0.00465. The van der Waals surface area contributed by atoms with Gasteiger partial charge in [-0.3, -0.25) is 4.90 Å². The van der Waals surface area contributed by atoms with Gasteiger partial charge < -0.3 is 29.4 Å². The third-order valence-corrected chi connectivity index (χ3v) is 6.11. The maximum Gasteiger partial charge on any atom is 0.414 e. The number of anilines is 1. The van der Waals surface area contributed by atoms with E-state index in [1.165, 1.54) is 11.1 Å². The van der Waals surface area contributed by atoms with Crippen LogP contribution >= 0.6 is 11.6 Å². The van der Waals surface area contributed by atoms with Gasteiger partial charge in [-0.05, 0) is 50.8 Å². The number of esters is 1. The molecule has 190 valence electrons. The summed E-state index contributed by atoms with van der Waals surface area (Å²) in [6.45, 7) is 6.21. The molecule has 2 heterocycles. The molecule has 2 aromatic rings. The summed E-state index contributed by atoms with van der Waals surface area (Å²) in [7, 11) is 1.73. The van der Waals surface area contributed by atoms with Crippen LogP contribution in [0.15, 0.2) is 22.7 Å². The third kappa shape index (κ3) is 5.62. The van der Waals surface area contributed by atoms with Gasteiger partial charge in [0.2, 0.25) is 5.76 Å². The Balaban J connectivity index is 2.31. The first kappa shape index (κ1) is 26.6. The number of benzene rings is 1. The Kier molecular flexibility index (Phi) is 9.17. The molecule has 1 aromatic heterocycles. The molecule has 0 bridgehead atoms. The van der Waals surface area contributed by atoms with Gasteiger partial charge in [-0.15, -0.1) is 0 Å². The van der Waals surface area contributed by atoms with Crippen molar-refractivity contribution in [2.24, 2.45) is 0 Å². The number of nitrogens with zero attached hydrogens (tertiary/aromatic N) is 1. The van der Waals surface area contributed by atoms with Crippen LogP contribution in [0.4, 0.5) is 10.5 Å². The fraction of sp³-hybridized carbons (Fsp3) is 0.480. The number of nitrogens with one attached hydrogen (secondary N) is 2. The number of halogens is 1. The van der Waals surface area contributed by atoms with E-state index in [9.17, 15) is 9.59 Å². The number of carbonyl (C=O) groups excluding carboxylic acids is 2. The van der Waals surface area contributed by atoms with Crippen LogP contribution in [0.5, 0.6) is 0 Å². The summed E-state index contributed by atoms with van der Waals surface area (Å²) in [5.74, 6) is -0.828. The second-order valence-electron chi connectivity index (χ2n) is 8.02. The van der Waals surface area contributed by atoms with Crippen LogP contribution < -0.4 is 10.2 Å². The number of carbonyl (C=O) groups is 2. The fourth-order valence-electron chi connectivity index (χ4n) is 4.25. The predicted octanol–water partition coefficient (Wildman–Crippen LogP) is 5.39. The van der Waals surface area contributed by atoms with Crippen molar-refractivity contribution in [1.82, 2.24) is 5.32 Å². The van der Waals surface area contributed by atoms with E-state index in [0.717, 1.165) is 6.42 Å². The first-order valence-corrected chi connectivity index (χ1v) is 12.2. The maximum absolute atomic E-state index is 13.4. The SMILES string of the molecule is CCOC(=O)c1oc2c(Cl)cc(/C(C=N)=C/NC)cc2c1N(C(=O)OCC)[C@H]1CCO[C@@H](CC)C1. The number of fused-ring (bicyclic) bond motifs is 1. The monoisotopic (exact) mass is 505 g/mol. The van der Waals surface area contributed by atoms with Crippen LogP contribution in [0.3, 0.4) is 0 Å². The molecule has 0 unspecified atom stereocenters. The minimum atomic E-state index is -0.706. The lowest BCUT2D eigenvalue weighted by atomic mass is 9.98. The first-order chi connectivity index (χ1) is 16.9. The number of hydrogen-bond donors (Lipinski definition) is 2. The Morgan fingerprint density at radius 1 is 1.26 bits per heavy atom. The third-order valence-electron chi connectivity index (χ3n) is 5.83. The van der Waals surface area contributed by atoms with E-state index in [-0.39, 0.29) is 47.4 Å². The van der Waals surface area contributed by atoms with Crippen molar-refractivity contribution in [1.29, 1.82) is 5.41 Å². The number of hydrogen-bond acceptors (Lipinski definition) is 8. The van der Waals surface area contributed by atoms with E-state index in [4.69, 9.17) is 35.6 Å². The van der Waals surface area contributed by atoms with Crippen molar-refractivity contribution >= 4 is 52.1 Å². The molecule has 2 N–H and O–H groups in total. The summed E-state index contributed by atoms with van der Waals surface area (Å²) in [6, 6.07) is 3.11. The number of amides is 1. The van der Waals surface area contributed by atoms with Gasteiger partial charge in [0.25, 0.3) is 0 Å². The van der Waals surface area contributed by atoms with Crippen LogP contribution in [-0.4, -0.2) is 57.3 Å². The topological polar surface area (TPSA) is 114 Å². The summed E-state index contributed by atoms with van der Waals surface area (Å²) < 4.78 is 22.5. The van der Waals surface area contributed by atoms with Crippen molar-refractivity contribution in [2.75, 3.05) is 31.8 Å². The van der Waals surface area contributed by atoms with Crippen molar-refractivity contribution in [3.05, 3.63) is 34.7 Å². The second-order valence-corrected chi connectivity index (χ2v) is 8.42. The Labute approximate surface area is 209 Å². The quantitative estimate of drug-likeness (QED) is 0.346. The number of furan rings is 1. The van der Waals surface area contributed by atoms with E-state index in [0.29, 0.717) is 36.0 Å². The van der Waals surface area contributed by atoms with Crippen molar-refractivity contribution in [2.45, 2.75) is 52.2 Å². The average molecular weight is 506 g/mol. The molecule has 1 amide bonds. The van der Waals surface area contributed by atoms with Gasteiger partial charge in [0.1, 0.15) is 5.69 Å². The van der Waals surface area contributed by atoms with Crippen molar-refractivity contribution in [3.63, 3.8) is 0 Å². The fourth-order valence-corrected chi connectivity index (χ4v) is 4.50. The Morgan fingerprint density at radius 2 is 2.00 bits per heavy atom. The van der Waals surface area contributed by atoms with Crippen LogP contribution in [0, 0.1) is 5.41 Å². The molecule has 35 heavy (non-hydrogen) atoms. The van der Waals surface area contributed by atoms with Gasteiger partial charge >= 0.3 is 12.1 Å². The Morgan fingerprint density at radius 3 is 2.63 bits per heavy atom. The van der Waals surface area contributed by atoms with Gasteiger partial charge in [-0.1, -0.05) is 18.5 Å². The molecule has 2 atom stereocenters. The Hall–Kier alpha value is -3.04. The predicted molar refractivity (Wildman–Crippen MR) is 136 cm³/mol. The van der Waals surface area contributed by atoms with Crippen LogP contribution in [0.25, 0.3) is 16.5 Å². The molecule has 0 aliphatic carbocycles. The molecule has 0 saturated carbocycles. The summed E-state index contributed by atoms with van der Waals surface area (Å²) >= 11 is 6.58. The summed E-state index contributed by atoms with van der Waals surface area (Å²) in [6.07, 6.45) is 4.14. The molecule has 10 heteroatoms. The highest BCUT2D eigenvalue weighted by Gasteiger charge is 2.38. The summed E-state index contributed by atoms with van der Waals surface area (Å²) in [5, 5.41) is 11.4. The lowest BCUT2D eigenvalue weighted by Gasteiger charge is -2.36. The van der Waals surface area contributed by atoms with E-state index in [2.05, 4.69) is 5.32 Å². The zero-order chi connectivity index (χ0) is 25.5. The first-order valence-electron chi connectivity index (χ1n) is 11.8. The van der Waals surface area contributed by atoms with Gasteiger partial charge in [0, 0.05) is 43.1 Å². The largest absolute Gasteiger partial charge is 0.460 e. The van der Waals surface area contributed by atoms with E-state index < -0.39 is 12.1 Å². The maximum atomic E-state index is 13.4. The molecule has 1 aliphatic rings. The van der Waals surface area contributed by atoms with E-state index in [1.54, 1.807) is 39.2 Å². The number of ether oxygens (including phenoxy) is 3. The van der Waals surface area contributed by atoms with Gasteiger partial charge in [0.05, 0.1) is 24.3 Å². The normalized spacial score (nSPS) is 18.3. The van der Waals surface area contributed by atoms with E-state index in [1.807, 2.05) is 6.92 Å². The van der Waals surface area contributed by atoms with Crippen LogP contribution in [0.2, 0.25) is 5.02 Å². The molecule has 1 aliphatic heterocycles. The molecular weight excluding hydrogens is 474 g/mol. The van der Waals surface area contributed by atoms with Gasteiger partial charge in [0.15, 0.2) is 5.58 Å². The molecule has 0 spiro atoms. The minimum absolute atomic E-state index is 0.0305. The molecule has 1 aromatic carbocycles. The molecule has 1 saturated heterocycles. The standard InChI is InChI=1S/C25H32ClN3O6/c1-5-18-12-17(8-9-34-18)29(25(31)33-7-3)21-19-10-15(16(13-27)14-28-4)11-20(26)22(19)35-23(21)24(30)32-6-2/h10-11,13-14,17-18,27-28H,5-9,12H2,1-4H3/b16-14+,27-13?/t17-,18-/m0/s1. The highest BCUT2D eigenvalue weighted by molar-refractivity contribution is 6.36. The lowest BCUT2D eigenvalue weighted by Crippen LogP contribution is -2.46. The molecule has 0 radical (unpaired) electrons. The van der Waals surface area contributed by atoms with Crippen molar-refractivity contribution in [3.8, 4) is 0 Å². The summed E-state index contributed by atoms with van der Waals surface area (Å²) in [4.78, 5) is 27.8. The number of allylic oxidation sites excluding steroid dienone is 1. The summed E-state index contributed by atoms with van der Waals surface area (Å²) in [5.41, 5.74) is 1.67. The van der Waals surface area contributed by atoms with Gasteiger partial charge in [-0.25, -0.2) is 9.59 Å². The Bertz CT molecular complexity index is 1110. The van der Waals surface area contributed by atoms with Gasteiger partial charge in [-0.2, -0.15) is 0 Å². The van der Waals surface area contributed by atoms with Crippen LogP contribution in [-0.2, 0) is 14.2 Å². The van der Waals surface area contributed by atoms with E-state index >= 15 is 0 Å². The molecular formula is C25H32ClN3O6. The average Bonchev–Trinajstić information content (AvgIpc) is 3.23. The van der Waals surface area contributed by atoms with Crippen molar-refractivity contribution < 1.29 is 28.2 Å². The molecule has 3 rings (SSSR count). The second kappa shape index (κ2) is 12.1. The zero-order valence-electron chi connectivity index (χ0n) is 20.5. The molecule has 9 nitrogen and oxygen atoms in total.